The van der Waals surface area contributed by atoms with E-state index in [9.17, 15) is 0 Å². The fourth-order valence-corrected chi connectivity index (χ4v) is 5.50. The van der Waals surface area contributed by atoms with Crippen molar-refractivity contribution in [1.29, 1.82) is 0 Å². The minimum atomic E-state index is 0.474. The van der Waals surface area contributed by atoms with Gasteiger partial charge in [0.05, 0.1) is 0 Å². The molecule has 5 nitrogen and oxygen atoms in total. The second kappa shape index (κ2) is 11.1. The second-order valence-corrected chi connectivity index (χ2v) is 9.47. The molecule has 1 unspecified atom stereocenters. The van der Waals surface area contributed by atoms with E-state index in [0.29, 0.717) is 6.04 Å². The number of hydrogen-bond donors (Lipinski definition) is 1. The molecule has 0 bridgehead atoms. The molecule has 4 rings (SSSR count). The van der Waals surface area contributed by atoms with Gasteiger partial charge in [0.1, 0.15) is 5.82 Å². The van der Waals surface area contributed by atoms with Gasteiger partial charge in [0.25, 0.3) is 0 Å². The average Bonchev–Trinajstić information content (AvgIpc) is 3.11. The molecular weight excluding hydrogens is 358 g/mol. The van der Waals surface area contributed by atoms with Crippen LogP contribution >= 0.6 is 0 Å². The van der Waals surface area contributed by atoms with Gasteiger partial charge in [-0.3, -0.25) is 4.90 Å². The number of nitrogens with zero attached hydrogens (tertiary/aromatic N) is 4. The maximum atomic E-state index is 4.91. The van der Waals surface area contributed by atoms with E-state index in [1.165, 1.54) is 96.4 Å². The summed E-state index contributed by atoms with van der Waals surface area (Å²) in [6, 6.07) is 3.36. The highest BCUT2D eigenvalue weighted by Crippen LogP contribution is 2.25. The summed E-state index contributed by atoms with van der Waals surface area (Å²) in [6.07, 6.45) is 21.0. The minimum Gasteiger partial charge on any atom is -0.356 e. The van der Waals surface area contributed by atoms with E-state index in [0.717, 1.165) is 37.4 Å². The monoisotopic (exact) mass is 399 g/mol. The number of anilines is 2. The predicted octanol–water partition coefficient (Wildman–Crippen LogP) is 5.24. The van der Waals surface area contributed by atoms with Crippen molar-refractivity contribution < 1.29 is 0 Å². The molecule has 2 saturated heterocycles. The zero-order valence-corrected chi connectivity index (χ0v) is 18.3. The van der Waals surface area contributed by atoms with E-state index in [1.54, 1.807) is 0 Å². The second-order valence-electron chi connectivity index (χ2n) is 9.47. The van der Waals surface area contributed by atoms with Crippen LogP contribution in [0.3, 0.4) is 0 Å². The third-order valence-electron chi connectivity index (χ3n) is 7.20. The van der Waals surface area contributed by atoms with Crippen molar-refractivity contribution in [3.05, 3.63) is 12.3 Å². The molecule has 29 heavy (non-hydrogen) atoms. The van der Waals surface area contributed by atoms with Crippen LogP contribution in [-0.2, 0) is 0 Å². The van der Waals surface area contributed by atoms with Crippen LogP contribution in [0.15, 0.2) is 12.3 Å². The van der Waals surface area contributed by atoms with Crippen LogP contribution in [0.25, 0.3) is 0 Å². The van der Waals surface area contributed by atoms with Gasteiger partial charge in [-0.2, -0.15) is 4.98 Å². The first-order valence-electron chi connectivity index (χ1n) is 12.5. The summed E-state index contributed by atoms with van der Waals surface area (Å²) in [7, 11) is 0. The minimum absolute atomic E-state index is 0.474. The lowest BCUT2D eigenvalue weighted by molar-refractivity contribution is 0.167. The van der Waals surface area contributed by atoms with Crippen molar-refractivity contribution in [2.45, 2.75) is 102 Å². The summed E-state index contributed by atoms with van der Waals surface area (Å²) >= 11 is 0. The Morgan fingerprint density at radius 2 is 1.41 bits per heavy atom. The van der Waals surface area contributed by atoms with Gasteiger partial charge in [0, 0.05) is 37.9 Å². The first-order chi connectivity index (χ1) is 14.4. The molecule has 1 atom stereocenters. The molecule has 1 aromatic heterocycles. The van der Waals surface area contributed by atoms with E-state index in [4.69, 9.17) is 4.98 Å². The van der Waals surface area contributed by atoms with Gasteiger partial charge in [-0.1, -0.05) is 51.4 Å². The number of nitrogens with one attached hydrogen (secondary N) is 1. The van der Waals surface area contributed by atoms with Crippen LogP contribution in [0.5, 0.6) is 0 Å². The van der Waals surface area contributed by atoms with Crippen LogP contribution in [0.4, 0.5) is 11.8 Å². The molecule has 1 aromatic rings. The number of likely N-dealkylation sites (tertiary alicyclic amines) is 1. The molecule has 0 radical (unpaired) electrons. The largest absolute Gasteiger partial charge is 0.356 e. The molecule has 0 aromatic carbocycles. The predicted molar refractivity (Wildman–Crippen MR) is 122 cm³/mol. The Bertz CT molecular complexity index is 591. The topological polar surface area (TPSA) is 44.3 Å². The highest BCUT2D eigenvalue weighted by Gasteiger charge is 2.25. The first-order valence-corrected chi connectivity index (χ1v) is 12.5. The summed E-state index contributed by atoms with van der Waals surface area (Å²) in [5.41, 5.74) is 0. The molecule has 3 aliphatic rings. The van der Waals surface area contributed by atoms with E-state index < -0.39 is 0 Å². The normalized spacial score (nSPS) is 26.2. The molecule has 2 aliphatic heterocycles. The number of hydrogen-bond acceptors (Lipinski definition) is 5. The summed E-state index contributed by atoms with van der Waals surface area (Å²) < 4.78 is 0. The maximum absolute atomic E-state index is 4.91. The van der Waals surface area contributed by atoms with Crippen molar-refractivity contribution in [1.82, 2.24) is 14.9 Å². The Morgan fingerprint density at radius 1 is 0.759 bits per heavy atom. The van der Waals surface area contributed by atoms with Gasteiger partial charge < -0.3 is 10.2 Å². The summed E-state index contributed by atoms with van der Waals surface area (Å²) in [6.45, 7) is 4.70. The van der Waals surface area contributed by atoms with Gasteiger partial charge in [0.2, 0.25) is 5.95 Å². The van der Waals surface area contributed by atoms with E-state index in [2.05, 4.69) is 26.2 Å². The number of aromatic nitrogens is 2. The van der Waals surface area contributed by atoms with Crippen LogP contribution in [-0.4, -0.2) is 53.1 Å². The van der Waals surface area contributed by atoms with Crippen LogP contribution in [0.1, 0.15) is 89.9 Å². The van der Waals surface area contributed by atoms with Gasteiger partial charge in [0.15, 0.2) is 0 Å². The quantitative estimate of drug-likeness (QED) is 0.750. The Morgan fingerprint density at radius 3 is 2.21 bits per heavy atom. The smallest absolute Gasteiger partial charge is 0.224 e. The molecule has 1 saturated carbocycles. The zero-order chi connectivity index (χ0) is 19.7. The van der Waals surface area contributed by atoms with Crippen molar-refractivity contribution >= 4 is 11.8 Å². The van der Waals surface area contributed by atoms with E-state index >= 15 is 0 Å². The van der Waals surface area contributed by atoms with Crippen molar-refractivity contribution in [2.75, 3.05) is 36.4 Å². The molecule has 1 N–H and O–H groups in total. The summed E-state index contributed by atoms with van der Waals surface area (Å²) in [5.74, 6) is 1.94. The van der Waals surface area contributed by atoms with Crippen LogP contribution in [0.2, 0.25) is 0 Å². The van der Waals surface area contributed by atoms with Gasteiger partial charge >= 0.3 is 0 Å². The van der Waals surface area contributed by atoms with Gasteiger partial charge in [-0.25, -0.2) is 4.98 Å². The molecular formula is C24H41N5. The molecule has 3 heterocycles. The third kappa shape index (κ3) is 6.31. The summed E-state index contributed by atoms with van der Waals surface area (Å²) in [4.78, 5) is 14.7. The van der Waals surface area contributed by atoms with E-state index in [1.807, 2.05) is 6.20 Å². The highest BCUT2D eigenvalue weighted by molar-refractivity contribution is 5.43. The lowest BCUT2D eigenvalue weighted by Crippen LogP contribution is -2.42. The highest BCUT2D eigenvalue weighted by atomic mass is 15.2. The molecule has 5 heteroatoms. The fourth-order valence-electron chi connectivity index (χ4n) is 5.50. The lowest BCUT2D eigenvalue weighted by Gasteiger charge is -2.34. The Labute approximate surface area is 177 Å². The van der Waals surface area contributed by atoms with Crippen molar-refractivity contribution in [3.63, 3.8) is 0 Å². The average molecular weight is 400 g/mol. The Hall–Kier alpha value is -1.36. The van der Waals surface area contributed by atoms with Crippen LogP contribution < -0.4 is 10.2 Å². The standard InChI is InChI=1S/C24H41N5/c1-2-6-13-22(14-7-3-1)29-19-11-8-12-21(20-29)26-24-25-16-15-23(27-24)28-17-9-4-5-10-18-28/h15-16,21-22H,1-14,17-20H2,(H,25,26,27). The lowest BCUT2D eigenvalue weighted by atomic mass is 9.95. The third-order valence-corrected chi connectivity index (χ3v) is 7.20. The first kappa shape index (κ1) is 20.9. The molecule has 3 fully saturated rings. The molecule has 0 amide bonds. The summed E-state index contributed by atoms with van der Waals surface area (Å²) in [5, 5.41) is 3.72. The van der Waals surface area contributed by atoms with Gasteiger partial charge in [-0.15, -0.1) is 0 Å². The maximum Gasteiger partial charge on any atom is 0.224 e. The SMILES string of the molecule is c1cc(N2CCCCCC2)nc(NC2CCCCN(C3CCCCCCC3)C2)n1. The van der Waals surface area contributed by atoms with Crippen LogP contribution in [0, 0.1) is 0 Å². The van der Waals surface area contributed by atoms with E-state index in [-0.39, 0.29) is 0 Å². The van der Waals surface area contributed by atoms with Gasteiger partial charge in [-0.05, 0) is 51.1 Å². The Kier molecular flexibility index (Phi) is 8.03. The zero-order valence-electron chi connectivity index (χ0n) is 18.3. The van der Waals surface area contributed by atoms with Crippen molar-refractivity contribution in [3.8, 4) is 0 Å². The van der Waals surface area contributed by atoms with Crippen molar-refractivity contribution in [2.24, 2.45) is 0 Å². The number of rotatable bonds is 4. The Balaban J connectivity index is 1.38. The molecule has 162 valence electrons. The molecule has 1 aliphatic carbocycles. The fraction of sp³-hybridized carbons (Fsp3) is 0.833. The molecule has 0 spiro atoms.